The molecule has 4 heteroatoms. The van der Waals surface area contributed by atoms with E-state index in [1.807, 2.05) is 13.8 Å². The van der Waals surface area contributed by atoms with Gasteiger partial charge >= 0.3 is 0 Å². The maximum Gasteiger partial charge on any atom is 0.268 e. The number of carbonyl (C=O) groups excluding carboxylic acids is 1. The van der Waals surface area contributed by atoms with E-state index in [1.54, 1.807) is 20.2 Å². The normalized spacial score (nSPS) is 12.6. The number of hydrogen-bond donors (Lipinski definition) is 2. The molecule has 0 aliphatic rings. The molecule has 0 atom stereocenters. The SMILES string of the molecule is C/C=N\N/C(C(=O)NC)=C(\C)CC. The summed E-state index contributed by atoms with van der Waals surface area (Å²) in [6.07, 6.45) is 2.43. The highest BCUT2D eigenvalue weighted by Gasteiger charge is 2.08. The molecule has 0 heterocycles. The van der Waals surface area contributed by atoms with E-state index in [4.69, 9.17) is 0 Å². The fourth-order valence-corrected chi connectivity index (χ4v) is 0.771. The largest absolute Gasteiger partial charge is 0.354 e. The molecule has 1 amide bonds. The van der Waals surface area contributed by atoms with Crippen molar-refractivity contribution in [3.05, 3.63) is 11.3 Å². The summed E-state index contributed by atoms with van der Waals surface area (Å²) in [4.78, 5) is 11.3. The molecule has 0 unspecified atom stereocenters. The number of likely N-dealkylation sites (N-methyl/N-ethyl adjacent to an activating group) is 1. The van der Waals surface area contributed by atoms with Crippen LogP contribution in [0.15, 0.2) is 16.4 Å². The van der Waals surface area contributed by atoms with E-state index in [1.165, 1.54) is 0 Å². The van der Waals surface area contributed by atoms with Gasteiger partial charge in [-0.2, -0.15) is 5.10 Å². The van der Waals surface area contributed by atoms with Gasteiger partial charge in [0.25, 0.3) is 5.91 Å². The average Bonchev–Trinajstić information content (AvgIpc) is 2.17. The van der Waals surface area contributed by atoms with Gasteiger partial charge in [-0.15, -0.1) is 0 Å². The summed E-state index contributed by atoms with van der Waals surface area (Å²) in [6.45, 7) is 5.69. The van der Waals surface area contributed by atoms with Gasteiger partial charge in [0.1, 0.15) is 5.70 Å². The monoisotopic (exact) mass is 183 g/mol. The minimum absolute atomic E-state index is 0.134. The zero-order chi connectivity index (χ0) is 10.3. The van der Waals surface area contributed by atoms with Crippen LogP contribution in [0.5, 0.6) is 0 Å². The molecule has 2 N–H and O–H groups in total. The zero-order valence-electron chi connectivity index (χ0n) is 8.64. The molecule has 0 saturated carbocycles. The molecular formula is C9H17N3O. The number of carbonyl (C=O) groups is 1. The Labute approximate surface area is 79.1 Å². The van der Waals surface area contributed by atoms with Gasteiger partial charge in [0, 0.05) is 13.3 Å². The molecule has 0 bridgehead atoms. The van der Waals surface area contributed by atoms with Gasteiger partial charge in [0.15, 0.2) is 0 Å². The van der Waals surface area contributed by atoms with Crippen molar-refractivity contribution >= 4 is 12.1 Å². The van der Waals surface area contributed by atoms with Crippen molar-refractivity contribution in [3.63, 3.8) is 0 Å². The first-order chi connectivity index (χ1) is 6.17. The molecule has 0 rings (SSSR count). The minimum atomic E-state index is -0.134. The fourth-order valence-electron chi connectivity index (χ4n) is 0.771. The molecule has 13 heavy (non-hydrogen) atoms. The van der Waals surface area contributed by atoms with Crippen molar-refractivity contribution < 1.29 is 4.79 Å². The summed E-state index contributed by atoms with van der Waals surface area (Å²) >= 11 is 0. The lowest BCUT2D eigenvalue weighted by molar-refractivity contribution is -0.117. The van der Waals surface area contributed by atoms with Crippen LogP contribution < -0.4 is 10.7 Å². The predicted octanol–water partition coefficient (Wildman–Crippen LogP) is 1.01. The summed E-state index contributed by atoms with van der Waals surface area (Å²) in [6, 6.07) is 0. The first-order valence-electron chi connectivity index (χ1n) is 4.32. The number of nitrogens with zero attached hydrogens (tertiary/aromatic N) is 1. The molecule has 0 radical (unpaired) electrons. The van der Waals surface area contributed by atoms with E-state index in [2.05, 4.69) is 15.8 Å². The first-order valence-corrected chi connectivity index (χ1v) is 4.32. The van der Waals surface area contributed by atoms with Gasteiger partial charge < -0.3 is 5.32 Å². The zero-order valence-corrected chi connectivity index (χ0v) is 8.64. The van der Waals surface area contributed by atoms with Crippen LogP contribution >= 0.6 is 0 Å². The third-order valence-electron chi connectivity index (χ3n) is 1.72. The van der Waals surface area contributed by atoms with E-state index >= 15 is 0 Å². The highest BCUT2D eigenvalue weighted by molar-refractivity contribution is 5.93. The number of amides is 1. The van der Waals surface area contributed by atoms with E-state index in [0.29, 0.717) is 5.70 Å². The standard InChI is InChI=1S/C9H17N3O/c1-5-7(3)8(9(13)10-4)12-11-6-2/h6,12H,5H2,1-4H3,(H,10,13)/b8-7+,11-6-. The summed E-state index contributed by atoms with van der Waals surface area (Å²) in [5, 5.41) is 6.37. The molecule has 4 nitrogen and oxygen atoms in total. The maximum atomic E-state index is 11.3. The van der Waals surface area contributed by atoms with E-state index < -0.39 is 0 Å². The summed E-state index contributed by atoms with van der Waals surface area (Å²) in [7, 11) is 1.60. The van der Waals surface area contributed by atoms with E-state index in [0.717, 1.165) is 12.0 Å². The second-order valence-electron chi connectivity index (χ2n) is 2.59. The second kappa shape index (κ2) is 6.22. The molecule has 0 fully saturated rings. The number of hydrogen-bond acceptors (Lipinski definition) is 3. The Bertz CT molecular complexity index is 231. The third kappa shape index (κ3) is 3.73. The van der Waals surface area contributed by atoms with Crippen LogP contribution in [0, 0.1) is 0 Å². The number of allylic oxidation sites excluding steroid dienone is 1. The summed E-state index contributed by atoms with van der Waals surface area (Å²) in [5.41, 5.74) is 4.23. The van der Waals surface area contributed by atoms with Crippen LogP contribution in [-0.2, 0) is 4.79 Å². The smallest absolute Gasteiger partial charge is 0.268 e. The lowest BCUT2D eigenvalue weighted by Gasteiger charge is -2.08. The minimum Gasteiger partial charge on any atom is -0.354 e. The Kier molecular flexibility index (Phi) is 5.59. The highest BCUT2D eigenvalue weighted by Crippen LogP contribution is 2.04. The van der Waals surface area contributed by atoms with Crippen LogP contribution in [-0.4, -0.2) is 19.2 Å². The van der Waals surface area contributed by atoms with Crippen LogP contribution in [0.3, 0.4) is 0 Å². The van der Waals surface area contributed by atoms with Crippen LogP contribution in [0.2, 0.25) is 0 Å². The van der Waals surface area contributed by atoms with Gasteiger partial charge in [-0.25, -0.2) is 0 Å². The summed E-state index contributed by atoms with van der Waals surface area (Å²) < 4.78 is 0. The Balaban J connectivity index is 4.64. The van der Waals surface area contributed by atoms with E-state index in [-0.39, 0.29) is 5.91 Å². The molecule has 0 aromatic rings. The average molecular weight is 183 g/mol. The Morgan fingerprint density at radius 2 is 2.15 bits per heavy atom. The van der Waals surface area contributed by atoms with Crippen molar-refractivity contribution in [2.75, 3.05) is 7.05 Å². The van der Waals surface area contributed by atoms with Gasteiger partial charge in [-0.1, -0.05) is 6.92 Å². The van der Waals surface area contributed by atoms with Crippen molar-refractivity contribution in [3.8, 4) is 0 Å². The highest BCUT2D eigenvalue weighted by atomic mass is 16.2. The van der Waals surface area contributed by atoms with Gasteiger partial charge in [-0.05, 0) is 25.8 Å². The molecule has 0 aliphatic heterocycles. The summed E-state index contributed by atoms with van der Waals surface area (Å²) in [5.74, 6) is -0.134. The van der Waals surface area contributed by atoms with Gasteiger partial charge in [0.05, 0.1) is 0 Å². The van der Waals surface area contributed by atoms with Crippen molar-refractivity contribution in [1.29, 1.82) is 0 Å². The maximum absolute atomic E-state index is 11.3. The first kappa shape index (κ1) is 11.7. The van der Waals surface area contributed by atoms with Gasteiger partial charge in [-0.3, -0.25) is 10.2 Å². The molecule has 0 spiro atoms. The quantitative estimate of drug-likeness (QED) is 0.388. The lowest BCUT2D eigenvalue weighted by atomic mass is 10.2. The molecule has 74 valence electrons. The van der Waals surface area contributed by atoms with E-state index in [9.17, 15) is 4.79 Å². The number of hydrazone groups is 1. The molecule has 0 saturated heterocycles. The van der Waals surface area contributed by atoms with Crippen molar-refractivity contribution in [2.45, 2.75) is 27.2 Å². The Morgan fingerprint density at radius 1 is 1.54 bits per heavy atom. The van der Waals surface area contributed by atoms with Gasteiger partial charge in [0.2, 0.25) is 0 Å². The Hall–Kier alpha value is -1.32. The molecule has 0 aromatic carbocycles. The fraction of sp³-hybridized carbons (Fsp3) is 0.556. The van der Waals surface area contributed by atoms with Crippen LogP contribution in [0.25, 0.3) is 0 Å². The molecule has 0 aromatic heterocycles. The number of nitrogens with one attached hydrogen (secondary N) is 2. The van der Waals surface area contributed by atoms with Crippen molar-refractivity contribution in [2.24, 2.45) is 5.10 Å². The molecular weight excluding hydrogens is 166 g/mol. The topological polar surface area (TPSA) is 53.5 Å². The van der Waals surface area contributed by atoms with Crippen LogP contribution in [0.4, 0.5) is 0 Å². The number of rotatable bonds is 4. The lowest BCUT2D eigenvalue weighted by Crippen LogP contribution is -2.27. The Morgan fingerprint density at radius 3 is 2.54 bits per heavy atom. The third-order valence-corrected chi connectivity index (χ3v) is 1.72. The van der Waals surface area contributed by atoms with Crippen molar-refractivity contribution in [1.82, 2.24) is 10.7 Å². The second-order valence-corrected chi connectivity index (χ2v) is 2.59. The molecule has 0 aliphatic carbocycles. The van der Waals surface area contributed by atoms with Crippen LogP contribution in [0.1, 0.15) is 27.2 Å². The predicted molar refractivity (Wildman–Crippen MR) is 54.4 cm³/mol.